The van der Waals surface area contributed by atoms with Crippen LogP contribution in [0.3, 0.4) is 0 Å². The van der Waals surface area contributed by atoms with Crippen LogP contribution in [0.5, 0.6) is 0 Å². The third kappa shape index (κ3) is 3.40. The van der Waals surface area contributed by atoms with Gasteiger partial charge in [-0.2, -0.15) is 0 Å². The molecule has 1 amide bonds. The fourth-order valence-electron chi connectivity index (χ4n) is 1.60. The third-order valence-electron chi connectivity index (χ3n) is 2.47. The van der Waals surface area contributed by atoms with Crippen molar-refractivity contribution < 1.29 is 14.3 Å². The molecule has 0 aromatic carbocycles. The van der Waals surface area contributed by atoms with Gasteiger partial charge >= 0.3 is 0 Å². The van der Waals surface area contributed by atoms with Gasteiger partial charge in [0, 0.05) is 19.6 Å². The average Bonchev–Trinajstić information content (AvgIpc) is 2.37. The summed E-state index contributed by atoms with van der Waals surface area (Å²) in [6.45, 7) is 4.79. The summed E-state index contributed by atoms with van der Waals surface area (Å²) < 4.78 is 13.2. The lowest BCUT2D eigenvalue weighted by molar-refractivity contribution is 0.0732. The molecule has 0 radical (unpaired) electrons. The number of aliphatic hydroxyl groups is 1. The van der Waals surface area contributed by atoms with Crippen LogP contribution in [-0.4, -0.2) is 47.1 Å². The Hall–Kier alpha value is -1.69. The summed E-state index contributed by atoms with van der Waals surface area (Å²) in [5, 5.41) is 11.8. The Morgan fingerprint density at radius 2 is 2.28 bits per heavy atom. The first-order chi connectivity index (χ1) is 8.63. The summed E-state index contributed by atoms with van der Waals surface area (Å²) in [5.41, 5.74) is 0.187. The first-order valence-corrected chi connectivity index (χ1v) is 5.93. The summed E-state index contributed by atoms with van der Waals surface area (Å²) in [5.74, 6) is -0.533. The highest BCUT2D eigenvalue weighted by atomic mass is 19.1. The van der Waals surface area contributed by atoms with E-state index in [9.17, 15) is 9.18 Å². The second-order valence-corrected chi connectivity index (χ2v) is 3.69. The number of nitrogens with zero attached hydrogens (tertiary/aromatic N) is 2. The number of aliphatic hydroxyl groups excluding tert-OH is 1. The van der Waals surface area contributed by atoms with E-state index in [0.717, 1.165) is 12.3 Å². The van der Waals surface area contributed by atoms with Crippen molar-refractivity contribution in [1.29, 1.82) is 0 Å². The maximum absolute atomic E-state index is 13.2. The molecule has 0 aliphatic carbocycles. The number of carbonyl (C=O) groups excluding carboxylic acids is 1. The Bertz CT molecular complexity index is 412. The van der Waals surface area contributed by atoms with Crippen LogP contribution in [-0.2, 0) is 0 Å². The van der Waals surface area contributed by atoms with Crippen LogP contribution in [0.2, 0.25) is 0 Å². The van der Waals surface area contributed by atoms with Gasteiger partial charge in [0.15, 0.2) is 0 Å². The van der Waals surface area contributed by atoms with Crippen LogP contribution < -0.4 is 5.32 Å². The second-order valence-electron chi connectivity index (χ2n) is 3.69. The number of hydrogen-bond acceptors (Lipinski definition) is 4. The Morgan fingerprint density at radius 1 is 1.56 bits per heavy atom. The smallest absolute Gasteiger partial charge is 0.257 e. The summed E-state index contributed by atoms with van der Waals surface area (Å²) >= 11 is 0. The number of amides is 1. The molecule has 1 aromatic rings. The van der Waals surface area contributed by atoms with E-state index in [1.807, 2.05) is 6.92 Å². The van der Waals surface area contributed by atoms with Crippen molar-refractivity contribution in [2.45, 2.75) is 13.8 Å². The van der Waals surface area contributed by atoms with Crippen LogP contribution in [0.25, 0.3) is 0 Å². The van der Waals surface area contributed by atoms with Crippen molar-refractivity contribution in [2.24, 2.45) is 0 Å². The molecule has 5 nitrogen and oxygen atoms in total. The van der Waals surface area contributed by atoms with Crippen molar-refractivity contribution in [3.63, 3.8) is 0 Å². The van der Waals surface area contributed by atoms with Crippen molar-refractivity contribution >= 4 is 11.7 Å². The fourth-order valence-corrected chi connectivity index (χ4v) is 1.60. The molecule has 100 valence electrons. The van der Waals surface area contributed by atoms with Crippen LogP contribution >= 0.6 is 0 Å². The van der Waals surface area contributed by atoms with Crippen molar-refractivity contribution in [1.82, 2.24) is 9.88 Å². The first-order valence-electron chi connectivity index (χ1n) is 5.93. The molecule has 0 spiro atoms. The van der Waals surface area contributed by atoms with E-state index in [1.165, 1.54) is 4.90 Å². The highest BCUT2D eigenvalue weighted by Crippen LogP contribution is 2.16. The normalized spacial score (nSPS) is 10.2. The van der Waals surface area contributed by atoms with Gasteiger partial charge in [-0.1, -0.05) is 0 Å². The second kappa shape index (κ2) is 6.90. The van der Waals surface area contributed by atoms with E-state index in [4.69, 9.17) is 5.11 Å². The topological polar surface area (TPSA) is 65.5 Å². The molecular formula is C12H18FN3O2. The van der Waals surface area contributed by atoms with E-state index in [2.05, 4.69) is 10.3 Å². The molecule has 0 saturated heterocycles. The minimum Gasteiger partial charge on any atom is -0.395 e. The molecule has 0 unspecified atom stereocenters. The molecule has 6 heteroatoms. The number of pyridine rings is 1. The molecular weight excluding hydrogens is 237 g/mol. The van der Waals surface area contributed by atoms with Gasteiger partial charge in [-0.15, -0.1) is 0 Å². The largest absolute Gasteiger partial charge is 0.395 e. The lowest BCUT2D eigenvalue weighted by Gasteiger charge is -2.21. The van der Waals surface area contributed by atoms with Gasteiger partial charge in [-0.05, 0) is 19.9 Å². The van der Waals surface area contributed by atoms with Crippen LogP contribution in [0.4, 0.5) is 10.2 Å². The fraction of sp³-hybridized carbons (Fsp3) is 0.500. The number of nitrogens with one attached hydrogen (secondary N) is 1. The predicted octanol–water partition coefficient (Wildman–Crippen LogP) is 1.11. The van der Waals surface area contributed by atoms with Gasteiger partial charge in [0.2, 0.25) is 0 Å². The van der Waals surface area contributed by atoms with Crippen molar-refractivity contribution in [3.05, 3.63) is 23.6 Å². The molecule has 2 N–H and O–H groups in total. The van der Waals surface area contributed by atoms with Crippen molar-refractivity contribution in [2.75, 3.05) is 31.6 Å². The summed E-state index contributed by atoms with van der Waals surface area (Å²) in [6, 6.07) is 1.16. The van der Waals surface area contributed by atoms with Crippen LogP contribution in [0, 0.1) is 5.82 Å². The van der Waals surface area contributed by atoms with E-state index in [1.54, 1.807) is 6.92 Å². The molecule has 1 heterocycles. The number of rotatable bonds is 6. The molecule has 0 aliphatic heterocycles. The van der Waals surface area contributed by atoms with E-state index >= 15 is 0 Å². The van der Waals surface area contributed by atoms with E-state index in [-0.39, 0.29) is 24.6 Å². The zero-order valence-corrected chi connectivity index (χ0v) is 10.6. The zero-order valence-electron chi connectivity index (χ0n) is 10.6. The quantitative estimate of drug-likeness (QED) is 0.799. The number of likely N-dealkylation sites (N-methyl/N-ethyl adjacent to an activating group) is 1. The van der Waals surface area contributed by atoms with Crippen LogP contribution in [0.15, 0.2) is 12.3 Å². The first kappa shape index (κ1) is 14.4. The highest BCUT2D eigenvalue weighted by Gasteiger charge is 2.18. The van der Waals surface area contributed by atoms with Gasteiger partial charge in [-0.25, -0.2) is 9.37 Å². The number of hydrogen-bond donors (Lipinski definition) is 2. The number of carbonyl (C=O) groups is 1. The molecule has 1 rings (SSSR count). The van der Waals surface area contributed by atoms with Gasteiger partial charge in [0.05, 0.1) is 18.4 Å². The molecule has 1 aromatic heterocycles. The van der Waals surface area contributed by atoms with Gasteiger partial charge in [-0.3, -0.25) is 4.79 Å². The van der Waals surface area contributed by atoms with Crippen molar-refractivity contribution in [3.8, 4) is 0 Å². The number of aromatic nitrogens is 1. The molecule has 0 saturated carbocycles. The summed E-state index contributed by atoms with van der Waals surface area (Å²) in [4.78, 5) is 17.5. The number of anilines is 1. The molecule has 0 fully saturated rings. The Morgan fingerprint density at radius 3 is 2.83 bits per heavy atom. The summed E-state index contributed by atoms with van der Waals surface area (Å²) in [6.07, 6.45) is 1.07. The predicted molar refractivity (Wildman–Crippen MR) is 67.0 cm³/mol. The number of halogens is 1. The third-order valence-corrected chi connectivity index (χ3v) is 2.47. The molecule has 18 heavy (non-hydrogen) atoms. The van der Waals surface area contributed by atoms with Gasteiger partial charge < -0.3 is 15.3 Å². The van der Waals surface area contributed by atoms with E-state index in [0.29, 0.717) is 18.9 Å². The maximum Gasteiger partial charge on any atom is 0.257 e. The van der Waals surface area contributed by atoms with Crippen LogP contribution in [0.1, 0.15) is 24.2 Å². The SMILES string of the molecule is CCNc1ncc(F)cc1C(=O)N(CC)CCO. The monoisotopic (exact) mass is 255 g/mol. The zero-order chi connectivity index (χ0) is 13.5. The molecule has 0 aliphatic rings. The Labute approximate surface area is 106 Å². The Balaban J connectivity index is 3.05. The minimum atomic E-state index is -0.556. The lowest BCUT2D eigenvalue weighted by Crippen LogP contribution is -2.34. The molecule has 0 atom stereocenters. The molecule has 0 bridgehead atoms. The van der Waals surface area contributed by atoms with Gasteiger partial charge in [0.1, 0.15) is 11.6 Å². The highest BCUT2D eigenvalue weighted by molar-refractivity contribution is 5.98. The minimum absolute atomic E-state index is 0.126. The van der Waals surface area contributed by atoms with Gasteiger partial charge in [0.25, 0.3) is 5.91 Å². The Kier molecular flexibility index (Phi) is 5.51. The average molecular weight is 255 g/mol. The lowest BCUT2D eigenvalue weighted by atomic mass is 10.2. The standard InChI is InChI=1S/C12H18FN3O2/c1-3-14-11-10(7-9(13)8-15-11)12(18)16(4-2)5-6-17/h7-8,17H,3-6H2,1-2H3,(H,14,15). The van der Waals surface area contributed by atoms with E-state index < -0.39 is 5.82 Å². The maximum atomic E-state index is 13.2. The summed E-state index contributed by atoms with van der Waals surface area (Å²) in [7, 11) is 0.